The molecule has 4 nitrogen and oxygen atoms in total. The smallest absolute Gasteiger partial charge is 0.167 e. The average molecular weight is 215 g/mol. The third-order valence-corrected chi connectivity index (χ3v) is 1.96. The molecule has 0 aliphatic carbocycles. The molecular formula is C10H14FNO3. The molecule has 0 aliphatic rings. The Kier molecular flexibility index (Phi) is 4.33. The largest absolute Gasteiger partial charge is 0.494 e. The van der Waals surface area contributed by atoms with Crippen molar-refractivity contribution in [1.29, 1.82) is 0 Å². The second kappa shape index (κ2) is 5.53. The lowest BCUT2D eigenvalue weighted by Gasteiger charge is -2.15. The summed E-state index contributed by atoms with van der Waals surface area (Å²) in [5.41, 5.74) is 0.487. The molecule has 0 saturated carbocycles. The van der Waals surface area contributed by atoms with E-state index in [1.807, 2.05) is 0 Å². The first kappa shape index (κ1) is 11.7. The second-order valence-corrected chi connectivity index (χ2v) is 3.06. The normalized spacial score (nSPS) is 10.5. The summed E-state index contributed by atoms with van der Waals surface area (Å²) in [5.74, 6) is -0.331. The molecule has 0 unspecified atom stereocenters. The predicted molar refractivity (Wildman–Crippen MR) is 54.5 cm³/mol. The molecule has 0 saturated heterocycles. The van der Waals surface area contributed by atoms with Crippen molar-refractivity contribution in [3.8, 4) is 5.75 Å². The highest BCUT2D eigenvalue weighted by atomic mass is 19.1. The summed E-state index contributed by atoms with van der Waals surface area (Å²) in [7, 11) is 1.38. The van der Waals surface area contributed by atoms with Gasteiger partial charge in [0.25, 0.3) is 0 Å². The molecule has 0 atom stereocenters. The van der Waals surface area contributed by atoms with E-state index in [0.717, 1.165) is 0 Å². The van der Waals surface area contributed by atoms with E-state index in [1.54, 1.807) is 6.07 Å². The Morgan fingerprint density at radius 1 is 1.40 bits per heavy atom. The highest BCUT2D eigenvalue weighted by Gasteiger charge is 2.07. The maximum absolute atomic E-state index is 13.2. The van der Waals surface area contributed by atoms with Crippen molar-refractivity contribution in [3.05, 3.63) is 24.0 Å². The van der Waals surface area contributed by atoms with Gasteiger partial charge in [0.1, 0.15) is 0 Å². The minimum absolute atomic E-state index is 0.157. The van der Waals surface area contributed by atoms with Crippen LogP contribution in [0.15, 0.2) is 18.2 Å². The van der Waals surface area contributed by atoms with Crippen LogP contribution in [0.4, 0.5) is 10.1 Å². The van der Waals surface area contributed by atoms with Gasteiger partial charge in [-0.05, 0) is 12.1 Å². The lowest BCUT2D eigenvalue weighted by atomic mass is 10.2. The van der Waals surface area contributed by atoms with Gasteiger partial charge in [-0.25, -0.2) is 4.39 Å². The maximum atomic E-state index is 13.2. The summed E-state index contributed by atoms with van der Waals surface area (Å²) in [6.45, 7) is -0.436. The molecule has 0 fully saturated rings. The number of halogens is 1. The molecule has 1 rings (SSSR count). The minimum atomic E-state index is -0.489. The Labute approximate surface area is 87.3 Å². The molecule has 5 heteroatoms. The molecule has 0 aromatic heterocycles. The lowest BCUT2D eigenvalue weighted by Crippen LogP contribution is -2.27. The summed E-state index contributed by atoms with van der Waals surface area (Å²) in [6, 6.07) is 3.85. The van der Waals surface area contributed by atoms with Crippen molar-refractivity contribution in [2.24, 2.45) is 0 Å². The van der Waals surface area contributed by atoms with Crippen LogP contribution in [-0.4, -0.2) is 36.6 Å². The fourth-order valence-electron chi connectivity index (χ4n) is 1.14. The van der Waals surface area contributed by atoms with Crippen molar-refractivity contribution < 1.29 is 19.3 Å². The fraction of sp³-hybridized carbons (Fsp3) is 0.400. The predicted octanol–water partition coefficient (Wildman–Crippen LogP) is 0.599. The van der Waals surface area contributed by atoms with E-state index < -0.39 is 11.9 Å². The molecule has 1 aromatic rings. The Morgan fingerprint density at radius 3 is 2.53 bits per heavy atom. The summed E-state index contributed by atoms with van der Waals surface area (Å²) in [4.78, 5) is 0. The van der Waals surface area contributed by atoms with Crippen molar-refractivity contribution in [2.45, 2.75) is 6.04 Å². The summed E-state index contributed by atoms with van der Waals surface area (Å²) < 4.78 is 18.0. The van der Waals surface area contributed by atoms with Crippen LogP contribution in [-0.2, 0) is 0 Å². The van der Waals surface area contributed by atoms with Gasteiger partial charge >= 0.3 is 0 Å². The number of benzene rings is 1. The molecule has 0 aliphatic heterocycles. The highest BCUT2D eigenvalue weighted by molar-refractivity contribution is 5.48. The van der Waals surface area contributed by atoms with E-state index in [0.29, 0.717) is 5.69 Å². The van der Waals surface area contributed by atoms with Crippen LogP contribution in [0, 0.1) is 5.82 Å². The number of hydrogen-bond acceptors (Lipinski definition) is 4. The van der Waals surface area contributed by atoms with Crippen LogP contribution < -0.4 is 10.1 Å². The Bertz CT molecular complexity index is 316. The summed E-state index contributed by atoms with van der Waals surface area (Å²) in [6.07, 6.45) is 0. The van der Waals surface area contributed by atoms with E-state index in [4.69, 9.17) is 14.9 Å². The van der Waals surface area contributed by atoms with Gasteiger partial charge in [0.2, 0.25) is 0 Å². The van der Waals surface area contributed by atoms with Crippen molar-refractivity contribution in [3.63, 3.8) is 0 Å². The Morgan fingerprint density at radius 2 is 2.07 bits per heavy atom. The van der Waals surface area contributed by atoms with E-state index in [2.05, 4.69) is 5.32 Å². The molecule has 0 spiro atoms. The second-order valence-electron chi connectivity index (χ2n) is 3.06. The van der Waals surface area contributed by atoms with Crippen LogP contribution in [0.25, 0.3) is 0 Å². The zero-order valence-electron chi connectivity index (χ0n) is 8.40. The van der Waals surface area contributed by atoms with E-state index in [9.17, 15) is 4.39 Å². The van der Waals surface area contributed by atoms with Crippen molar-refractivity contribution in [2.75, 3.05) is 25.6 Å². The number of aliphatic hydroxyl groups is 2. The molecule has 1 aromatic carbocycles. The van der Waals surface area contributed by atoms with Gasteiger partial charge in [0, 0.05) is 11.8 Å². The van der Waals surface area contributed by atoms with Crippen LogP contribution in [0.5, 0.6) is 5.75 Å². The monoisotopic (exact) mass is 215 g/mol. The zero-order chi connectivity index (χ0) is 11.3. The van der Waals surface area contributed by atoms with Crippen LogP contribution in [0.2, 0.25) is 0 Å². The Hall–Kier alpha value is -1.33. The van der Waals surface area contributed by atoms with Gasteiger partial charge in [-0.1, -0.05) is 0 Å². The third-order valence-electron chi connectivity index (χ3n) is 1.96. The number of hydrogen-bond donors (Lipinski definition) is 3. The van der Waals surface area contributed by atoms with Gasteiger partial charge in [-0.2, -0.15) is 0 Å². The third kappa shape index (κ3) is 3.07. The maximum Gasteiger partial charge on any atom is 0.167 e. The number of rotatable bonds is 5. The molecule has 84 valence electrons. The van der Waals surface area contributed by atoms with E-state index in [1.165, 1.54) is 19.2 Å². The molecule has 0 heterocycles. The molecule has 15 heavy (non-hydrogen) atoms. The molecule has 0 radical (unpaired) electrons. The van der Waals surface area contributed by atoms with Gasteiger partial charge in [-0.15, -0.1) is 0 Å². The molecule has 0 bridgehead atoms. The zero-order valence-corrected chi connectivity index (χ0v) is 8.40. The van der Waals surface area contributed by atoms with Crippen LogP contribution in [0.3, 0.4) is 0 Å². The SMILES string of the molecule is COc1ccc(NC(CO)CO)cc1F. The van der Waals surface area contributed by atoms with E-state index in [-0.39, 0.29) is 19.0 Å². The van der Waals surface area contributed by atoms with Gasteiger partial charge in [0.15, 0.2) is 11.6 Å². The number of nitrogens with one attached hydrogen (secondary N) is 1. The first-order valence-corrected chi connectivity index (χ1v) is 4.53. The highest BCUT2D eigenvalue weighted by Crippen LogP contribution is 2.20. The van der Waals surface area contributed by atoms with Crippen LogP contribution in [0.1, 0.15) is 0 Å². The summed E-state index contributed by atoms with van der Waals surface area (Å²) in [5, 5.41) is 20.4. The minimum Gasteiger partial charge on any atom is -0.494 e. The number of ether oxygens (including phenoxy) is 1. The van der Waals surface area contributed by atoms with Gasteiger partial charge < -0.3 is 20.3 Å². The van der Waals surface area contributed by atoms with Crippen LogP contribution >= 0.6 is 0 Å². The Balaban J connectivity index is 2.74. The van der Waals surface area contributed by atoms with E-state index >= 15 is 0 Å². The number of anilines is 1. The van der Waals surface area contributed by atoms with Crippen molar-refractivity contribution in [1.82, 2.24) is 0 Å². The first-order valence-electron chi connectivity index (χ1n) is 4.53. The van der Waals surface area contributed by atoms with Crippen molar-refractivity contribution >= 4 is 5.69 Å². The molecule has 3 N–H and O–H groups in total. The van der Waals surface area contributed by atoms with Gasteiger partial charge in [-0.3, -0.25) is 0 Å². The number of methoxy groups -OCH3 is 1. The summed E-state index contributed by atoms with van der Waals surface area (Å²) >= 11 is 0. The number of aliphatic hydroxyl groups excluding tert-OH is 2. The standard InChI is InChI=1S/C10H14FNO3/c1-15-10-3-2-7(4-9(10)11)12-8(5-13)6-14/h2-4,8,12-14H,5-6H2,1H3. The topological polar surface area (TPSA) is 61.7 Å². The average Bonchev–Trinajstić information content (AvgIpc) is 2.26. The molecule has 0 amide bonds. The fourth-order valence-corrected chi connectivity index (χ4v) is 1.14. The van der Waals surface area contributed by atoms with Gasteiger partial charge in [0.05, 0.1) is 26.4 Å². The quantitative estimate of drug-likeness (QED) is 0.673. The first-order chi connectivity index (χ1) is 7.21. The lowest BCUT2D eigenvalue weighted by molar-refractivity contribution is 0.204. The molecular weight excluding hydrogens is 201 g/mol.